The van der Waals surface area contributed by atoms with Gasteiger partial charge < -0.3 is 29.6 Å². The molecule has 4 rings (SSSR count). The predicted octanol–water partition coefficient (Wildman–Crippen LogP) is 4.30. The zero-order chi connectivity index (χ0) is 28.8. The topological polar surface area (TPSA) is 115 Å². The van der Waals surface area contributed by atoms with E-state index in [4.69, 9.17) is 9.15 Å². The molecule has 1 fully saturated rings. The Morgan fingerprint density at radius 3 is 2.38 bits per heavy atom. The van der Waals surface area contributed by atoms with Crippen molar-refractivity contribution < 1.29 is 24.2 Å². The van der Waals surface area contributed by atoms with Gasteiger partial charge in [0.25, 0.3) is 0 Å². The number of piperidine rings is 1. The van der Waals surface area contributed by atoms with Gasteiger partial charge in [-0.2, -0.15) is 0 Å². The molecule has 3 N–H and O–H groups in total. The van der Waals surface area contributed by atoms with Crippen LogP contribution >= 0.6 is 0 Å². The van der Waals surface area contributed by atoms with E-state index < -0.39 is 17.1 Å². The average Bonchev–Trinajstić information content (AvgIpc) is 2.95. The number of amides is 1. The molecule has 9 heteroatoms. The van der Waals surface area contributed by atoms with E-state index in [9.17, 15) is 19.8 Å². The maximum absolute atomic E-state index is 13.4. The molecule has 0 radical (unpaired) electrons. The van der Waals surface area contributed by atoms with E-state index >= 15 is 0 Å². The van der Waals surface area contributed by atoms with Gasteiger partial charge in [0.05, 0.1) is 19.1 Å². The zero-order valence-corrected chi connectivity index (χ0v) is 23.6. The first kappa shape index (κ1) is 29.0. The summed E-state index contributed by atoms with van der Waals surface area (Å²) in [7, 11) is 5.44. The quantitative estimate of drug-likeness (QED) is 0.343. The van der Waals surface area contributed by atoms with Gasteiger partial charge in [0, 0.05) is 38.8 Å². The number of hydrogen-bond donors (Lipinski definition) is 3. The zero-order valence-electron chi connectivity index (χ0n) is 23.6. The summed E-state index contributed by atoms with van der Waals surface area (Å²) in [5.41, 5.74) is 2.22. The first-order chi connectivity index (χ1) is 19.2. The number of phenols is 1. The highest BCUT2D eigenvalue weighted by atomic mass is 16.5. The maximum atomic E-state index is 13.4. The van der Waals surface area contributed by atoms with Gasteiger partial charge in [-0.3, -0.25) is 14.5 Å². The van der Waals surface area contributed by atoms with Gasteiger partial charge in [0.15, 0.2) is 17.3 Å². The molecule has 40 heavy (non-hydrogen) atoms. The van der Waals surface area contributed by atoms with Crippen LogP contribution in [0.2, 0.25) is 0 Å². The Labute approximate surface area is 235 Å². The van der Waals surface area contributed by atoms with Gasteiger partial charge in [-0.1, -0.05) is 24.6 Å². The van der Waals surface area contributed by atoms with E-state index in [0.717, 1.165) is 37.2 Å². The molecule has 1 aliphatic rings. The Balaban J connectivity index is 1.60. The SMILES string of the molecule is COc1cc([C@H](CC(=O)NC[C@@H](c2ccc(N(C)C)cc2)N2CCCCC2)c2oc(C)cc(=O)c2O)ccc1O. The molecule has 0 bridgehead atoms. The lowest BCUT2D eigenvalue weighted by Gasteiger charge is -2.35. The van der Waals surface area contributed by atoms with Crippen LogP contribution in [0, 0.1) is 6.92 Å². The normalized spacial score (nSPS) is 15.3. The van der Waals surface area contributed by atoms with Crippen LogP contribution in [0.5, 0.6) is 17.2 Å². The van der Waals surface area contributed by atoms with E-state index in [1.807, 2.05) is 14.1 Å². The Kier molecular flexibility index (Phi) is 9.37. The van der Waals surface area contributed by atoms with E-state index in [2.05, 4.69) is 39.4 Å². The number of nitrogens with zero attached hydrogens (tertiary/aromatic N) is 2. The number of likely N-dealkylation sites (tertiary alicyclic amines) is 1. The molecule has 1 aliphatic heterocycles. The van der Waals surface area contributed by atoms with E-state index in [1.54, 1.807) is 19.1 Å². The van der Waals surface area contributed by atoms with Crippen molar-refractivity contribution >= 4 is 11.6 Å². The summed E-state index contributed by atoms with van der Waals surface area (Å²) in [6.45, 7) is 3.96. The number of phenolic OH excluding ortho intramolecular Hbond substituents is 1. The molecule has 2 aromatic carbocycles. The fourth-order valence-electron chi connectivity index (χ4n) is 5.29. The fraction of sp³-hybridized carbons (Fsp3) is 0.419. The standard InChI is InChI=1S/C31H39N3O6/c1-20-16-27(36)30(38)31(40-20)24(22-10-13-26(35)28(17-22)39-4)18-29(37)32-19-25(34-14-6-5-7-15-34)21-8-11-23(12-9-21)33(2)3/h8-13,16-17,24-25,35,38H,5-7,14-15,18-19H2,1-4H3,(H,32,37)/t24-,25-/m0/s1. The molecular formula is C31H39N3O6. The number of anilines is 1. The van der Waals surface area contributed by atoms with E-state index in [0.29, 0.717) is 17.9 Å². The first-order valence-electron chi connectivity index (χ1n) is 13.7. The van der Waals surface area contributed by atoms with Crippen LogP contribution in [0.25, 0.3) is 0 Å². The molecule has 2 atom stereocenters. The van der Waals surface area contributed by atoms with Crippen molar-refractivity contribution in [2.45, 2.75) is 44.6 Å². The van der Waals surface area contributed by atoms with Crippen LogP contribution in [-0.4, -0.2) is 61.9 Å². The number of carbonyl (C=O) groups excluding carboxylic acids is 1. The Morgan fingerprint density at radius 2 is 1.73 bits per heavy atom. The van der Waals surface area contributed by atoms with Crippen molar-refractivity contribution in [3.05, 3.63) is 81.4 Å². The van der Waals surface area contributed by atoms with Crippen molar-refractivity contribution in [1.82, 2.24) is 10.2 Å². The predicted molar refractivity (Wildman–Crippen MR) is 154 cm³/mol. The monoisotopic (exact) mass is 549 g/mol. The molecule has 0 saturated carbocycles. The highest BCUT2D eigenvalue weighted by Crippen LogP contribution is 2.37. The number of benzene rings is 2. The summed E-state index contributed by atoms with van der Waals surface area (Å²) < 4.78 is 11.0. The summed E-state index contributed by atoms with van der Waals surface area (Å²) in [5.74, 6) is -1.11. The average molecular weight is 550 g/mol. The van der Waals surface area contributed by atoms with Crippen molar-refractivity contribution in [2.75, 3.05) is 45.7 Å². The number of carbonyl (C=O) groups is 1. The third kappa shape index (κ3) is 6.77. The molecule has 1 aromatic heterocycles. The summed E-state index contributed by atoms with van der Waals surface area (Å²) in [4.78, 5) is 30.3. The van der Waals surface area contributed by atoms with Crippen LogP contribution in [-0.2, 0) is 4.79 Å². The van der Waals surface area contributed by atoms with Crippen molar-refractivity contribution in [3.63, 3.8) is 0 Å². The number of ether oxygens (including phenoxy) is 1. The molecule has 0 aliphatic carbocycles. The van der Waals surface area contributed by atoms with Crippen LogP contribution < -0.4 is 20.4 Å². The molecule has 1 saturated heterocycles. The number of hydrogen-bond acceptors (Lipinski definition) is 8. The molecule has 1 amide bonds. The number of aromatic hydroxyl groups is 2. The van der Waals surface area contributed by atoms with E-state index in [1.165, 1.54) is 25.7 Å². The number of nitrogens with one attached hydrogen (secondary N) is 1. The highest BCUT2D eigenvalue weighted by Gasteiger charge is 2.28. The lowest BCUT2D eigenvalue weighted by atomic mass is 9.91. The van der Waals surface area contributed by atoms with Crippen LogP contribution in [0.15, 0.2) is 57.7 Å². The van der Waals surface area contributed by atoms with Crippen molar-refractivity contribution in [1.29, 1.82) is 0 Å². The summed E-state index contributed by atoms with van der Waals surface area (Å²) in [6, 6.07) is 14.3. The lowest BCUT2D eigenvalue weighted by Crippen LogP contribution is -2.41. The summed E-state index contributed by atoms with van der Waals surface area (Å²) in [6.07, 6.45) is 3.37. The molecule has 2 heterocycles. The fourth-order valence-corrected chi connectivity index (χ4v) is 5.29. The van der Waals surface area contributed by atoms with Crippen LogP contribution in [0.3, 0.4) is 0 Å². The molecular weight excluding hydrogens is 510 g/mol. The molecule has 3 aromatic rings. The van der Waals surface area contributed by atoms with Crippen LogP contribution in [0.1, 0.15) is 60.3 Å². The summed E-state index contributed by atoms with van der Waals surface area (Å²) in [5, 5.41) is 23.8. The Morgan fingerprint density at radius 1 is 1.05 bits per heavy atom. The van der Waals surface area contributed by atoms with Gasteiger partial charge in [-0.25, -0.2) is 0 Å². The van der Waals surface area contributed by atoms with Gasteiger partial charge in [-0.05, 0) is 68.2 Å². The van der Waals surface area contributed by atoms with Gasteiger partial charge in [0.1, 0.15) is 5.76 Å². The summed E-state index contributed by atoms with van der Waals surface area (Å²) >= 11 is 0. The minimum atomic E-state index is -0.782. The Hall–Kier alpha value is -3.98. The third-order valence-corrected chi connectivity index (χ3v) is 7.50. The number of aryl methyl sites for hydroxylation is 1. The van der Waals surface area contributed by atoms with Crippen LogP contribution in [0.4, 0.5) is 5.69 Å². The van der Waals surface area contributed by atoms with E-state index in [-0.39, 0.29) is 35.6 Å². The van der Waals surface area contributed by atoms with Gasteiger partial charge in [-0.15, -0.1) is 0 Å². The van der Waals surface area contributed by atoms with Gasteiger partial charge >= 0.3 is 0 Å². The molecule has 0 unspecified atom stereocenters. The lowest BCUT2D eigenvalue weighted by molar-refractivity contribution is -0.121. The maximum Gasteiger partial charge on any atom is 0.227 e. The third-order valence-electron chi connectivity index (χ3n) is 7.50. The van der Waals surface area contributed by atoms with Gasteiger partial charge in [0.2, 0.25) is 17.1 Å². The second kappa shape index (κ2) is 12.9. The minimum Gasteiger partial charge on any atom is -0.504 e. The second-order valence-electron chi connectivity index (χ2n) is 10.5. The minimum absolute atomic E-state index is 0.000234. The number of methoxy groups -OCH3 is 1. The highest BCUT2D eigenvalue weighted by molar-refractivity contribution is 5.77. The Bertz CT molecular complexity index is 1360. The second-order valence-corrected chi connectivity index (χ2v) is 10.5. The van der Waals surface area contributed by atoms with Crippen molar-refractivity contribution in [2.24, 2.45) is 0 Å². The molecule has 214 valence electrons. The number of rotatable bonds is 10. The smallest absolute Gasteiger partial charge is 0.227 e. The molecule has 9 nitrogen and oxygen atoms in total. The van der Waals surface area contributed by atoms with Crippen molar-refractivity contribution in [3.8, 4) is 17.2 Å². The first-order valence-corrected chi connectivity index (χ1v) is 13.7. The molecule has 0 spiro atoms. The largest absolute Gasteiger partial charge is 0.504 e.